The minimum atomic E-state index is -2.20. The summed E-state index contributed by atoms with van der Waals surface area (Å²) in [6.45, 7) is 22.0. The fourth-order valence-electron chi connectivity index (χ4n) is 3.39. The highest BCUT2D eigenvalue weighted by atomic mass is 28.4. The van der Waals surface area contributed by atoms with Gasteiger partial charge in [0.2, 0.25) is 8.32 Å². The van der Waals surface area contributed by atoms with Gasteiger partial charge in [-0.3, -0.25) is 9.78 Å². The maximum atomic E-state index is 12.9. The van der Waals surface area contributed by atoms with Crippen molar-refractivity contribution in [1.29, 1.82) is 0 Å². The summed E-state index contributed by atoms with van der Waals surface area (Å²) >= 11 is 0. The van der Waals surface area contributed by atoms with Crippen LogP contribution in [0.2, 0.25) is 36.3 Å². The third kappa shape index (κ3) is 9.24. The third-order valence-corrected chi connectivity index (χ3v) is 16.9. The van der Waals surface area contributed by atoms with Gasteiger partial charge in [-0.2, -0.15) is 5.10 Å². The Labute approximate surface area is 263 Å². The van der Waals surface area contributed by atoms with Gasteiger partial charge < -0.3 is 13.6 Å². The molecule has 1 heterocycles. The van der Waals surface area contributed by atoms with Crippen molar-refractivity contribution in [1.82, 2.24) is 10.4 Å². The number of nitrogens with zero attached hydrogens (tertiary/aromatic N) is 2. The van der Waals surface area contributed by atoms with E-state index in [-0.39, 0.29) is 16.0 Å². The second-order valence-corrected chi connectivity index (χ2v) is 23.1. The van der Waals surface area contributed by atoms with Crippen molar-refractivity contribution in [2.24, 2.45) is 5.10 Å². The number of pyridine rings is 1. The molecule has 0 atom stereocenters. The first-order valence-electron chi connectivity index (χ1n) is 14.6. The molecule has 0 unspecified atom stereocenters. The van der Waals surface area contributed by atoms with Crippen molar-refractivity contribution >= 4 is 40.8 Å². The predicted octanol–water partition coefficient (Wildman–Crippen LogP) is 8.23. The molecular formula is C34H45N3O5Si2. The van der Waals surface area contributed by atoms with Gasteiger partial charge >= 0.3 is 5.97 Å². The van der Waals surface area contributed by atoms with E-state index in [1.54, 1.807) is 42.5 Å². The minimum Gasteiger partial charge on any atom is -0.543 e. The van der Waals surface area contributed by atoms with Crippen molar-refractivity contribution in [2.45, 2.75) is 77.8 Å². The molecule has 0 saturated heterocycles. The van der Waals surface area contributed by atoms with Crippen LogP contribution >= 0.6 is 0 Å². The average Bonchev–Trinajstić information content (AvgIpc) is 2.92. The number of rotatable bonds is 10. The Morgan fingerprint density at radius 2 is 1.41 bits per heavy atom. The number of hydrazone groups is 1. The molecule has 0 spiro atoms. The number of esters is 1. The van der Waals surface area contributed by atoms with Gasteiger partial charge in [-0.05, 0) is 78.7 Å². The number of carbonyl (C=O) groups excluding carboxylic acids is 2. The zero-order chi connectivity index (χ0) is 32.8. The van der Waals surface area contributed by atoms with Crippen LogP contribution < -0.4 is 19.0 Å². The average molecular weight is 632 g/mol. The Hall–Kier alpha value is -4.03. The van der Waals surface area contributed by atoms with Crippen LogP contribution in [-0.2, 0) is 4.79 Å². The summed E-state index contributed by atoms with van der Waals surface area (Å²) in [5, 5.41) is 4.04. The molecule has 0 fully saturated rings. The summed E-state index contributed by atoms with van der Waals surface area (Å²) < 4.78 is 18.9. The molecule has 0 aliphatic rings. The molecular weight excluding hydrogens is 587 g/mol. The molecule has 0 saturated carbocycles. The molecule has 234 valence electrons. The largest absolute Gasteiger partial charge is 0.543 e. The fourth-order valence-corrected chi connectivity index (χ4v) is 5.44. The Morgan fingerprint density at radius 3 is 2.05 bits per heavy atom. The molecule has 2 aromatic carbocycles. The van der Waals surface area contributed by atoms with Gasteiger partial charge in [0.15, 0.2) is 0 Å². The zero-order valence-electron chi connectivity index (χ0n) is 27.5. The van der Waals surface area contributed by atoms with Crippen LogP contribution in [0, 0.1) is 0 Å². The number of hydrogen-bond acceptors (Lipinski definition) is 7. The first-order chi connectivity index (χ1) is 20.4. The fraction of sp³-hybridized carbons (Fsp3) is 0.353. The van der Waals surface area contributed by atoms with Crippen molar-refractivity contribution in [3.63, 3.8) is 0 Å². The zero-order valence-corrected chi connectivity index (χ0v) is 29.5. The number of ether oxygens (including phenoxy) is 1. The predicted molar refractivity (Wildman–Crippen MR) is 183 cm³/mol. The van der Waals surface area contributed by atoms with Gasteiger partial charge in [-0.25, -0.2) is 10.2 Å². The smallest absolute Gasteiger partial charge is 0.336 e. The van der Waals surface area contributed by atoms with Gasteiger partial charge in [0.1, 0.15) is 17.2 Å². The van der Waals surface area contributed by atoms with Crippen LogP contribution in [0.4, 0.5) is 0 Å². The lowest BCUT2D eigenvalue weighted by Crippen LogP contribution is -2.44. The minimum absolute atomic E-state index is 0.0216. The van der Waals surface area contributed by atoms with E-state index < -0.39 is 22.6 Å². The van der Waals surface area contributed by atoms with Gasteiger partial charge in [0.25, 0.3) is 14.2 Å². The molecule has 1 amide bonds. The Morgan fingerprint density at radius 1 is 0.795 bits per heavy atom. The number of hydrogen-bond donors (Lipinski definition) is 1. The van der Waals surface area contributed by atoms with Crippen LogP contribution in [0.25, 0.3) is 6.08 Å². The summed E-state index contributed by atoms with van der Waals surface area (Å²) in [5.41, 5.74) is 4.17. The molecule has 0 radical (unpaired) electrons. The summed E-state index contributed by atoms with van der Waals surface area (Å²) in [4.78, 5) is 29.1. The van der Waals surface area contributed by atoms with E-state index in [1.807, 2.05) is 18.2 Å². The second kappa shape index (κ2) is 13.7. The van der Waals surface area contributed by atoms with Crippen molar-refractivity contribution in [2.75, 3.05) is 0 Å². The van der Waals surface area contributed by atoms with Crippen LogP contribution in [-0.4, -0.2) is 39.7 Å². The number of aromatic nitrogens is 1. The van der Waals surface area contributed by atoms with Gasteiger partial charge in [-0.1, -0.05) is 53.7 Å². The standard InChI is InChI=1S/C34H45N3O5Si2/c1-33(2,3)43(7,8)41-28-17-15-25(30(23-28)42-44(9,10)34(4,5)6)16-18-31(38)40-29-14-12-11-13-27(29)24-36-37-32(39)26-19-21-35-22-20-26/h11-24H,1-10H3,(H,37,39)/b18-16+,36-24+. The summed E-state index contributed by atoms with van der Waals surface area (Å²) in [5.74, 6) is 0.799. The summed E-state index contributed by atoms with van der Waals surface area (Å²) in [6.07, 6.45) is 7.56. The molecule has 1 aromatic heterocycles. The number of nitrogens with one attached hydrogen (secondary N) is 1. The van der Waals surface area contributed by atoms with Gasteiger partial charge in [-0.15, -0.1) is 0 Å². The van der Waals surface area contributed by atoms with Crippen LogP contribution in [0.5, 0.6) is 17.2 Å². The van der Waals surface area contributed by atoms with Crippen molar-refractivity contribution < 1.29 is 23.2 Å². The SMILES string of the molecule is CC(C)(C)[Si](C)(C)Oc1ccc(/C=C/C(=O)Oc2ccccc2/C=N/NC(=O)c2ccncc2)c(O[Si](C)(C)C(C)(C)C)c1. The molecule has 0 bridgehead atoms. The monoisotopic (exact) mass is 631 g/mol. The van der Waals surface area contributed by atoms with E-state index in [0.29, 0.717) is 22.6 Å². The van der Waals surface area contributed by atoms with Crippen molar-refractivity contribution in [3.05, 3.63) is 89.8 Å². The van der Waals surface area contributed by atoms with Crippen LogP contribution in [0.3, 0.4) is 0 Å². The molecule has 8 nitrogen and oxygen atoms in total. The van der Waals surface area contributed by atoms with Gasteiger partial charge in [0, 0.05) is 41.2 Å². The molecule has 3 rings (SSSR count). The van der Waals surface area contributed by atoms with Crippen LogP contribution in [0.1, 0.15) is 63.0 Å². The second-order valence-electron chi connectivity index (χ2n) is 13.7. The van der Waals surface area contributed by atoms with Gasteiger partial charge in [0.05, 0.1) is 6.21 Å². The number of amides is 1. The number of carbonyl (C=O) groups is 2. The summed E-state index contributed by atoms with van der Waals surface area (Å²) in [7, 11) is -4.28. The highest BCUT2D eigenvalue weighted by molar-refractivity contribution is 6.75. The highest BCUT2D eigenvalue weighted by Crippen LogP contribution is 2.41. The highest BCUT2D eigenvalue weighted by Gasteiger charge is 2.41. The molecule has 10 heteroatoms. The quantitative estimate of drug-likeness (QED) is 0.0604. The van der Waals surface area contributed by atoms with E-state index in [9.17, 15) is 9.59 Å². The lowest BCUT2D eigenvalue weighted by Gasteiger charge is -2.38. The number of benzene rings is 2. The molecule has 1 N–H and O–H groups in total. The van der Waals surface area contributed by atoms with Crippen LogP contribution in [0.15, 0.2) is 78.2 Å². The Kier molecular flexibility index (Phi) is 10.8. The maximum Gasteiger partial charge on any atom is 0.336 e. The summed E-state index contributed by atoms with van der Waals surface area (Å²) in [6, 6.07) is 15.9. The molecule has 44 heavy (non-hydrogen) atoms. The van der Waals surface area contributed by atoms with E-state index in [4.69, 9.17) is 13.6 Å². The normalized spacial score (nSPS) is 12.8. The molecule has 3 aromatic rings. The lowest BCUT2D eigenvalue weighted by molar-refractivity contribution is -0.128. The first kappa shape index (κ1) is 34.5. The van der Waals surface area contributed by atoms with E-state index in [1.165, 1.54) is 24.7 Å². The van der Waals surface area contributed by atoms with E-state index >= 15 is 0 Å². The lowest BCUT2D eigenvalue weighted by atomic mass is 10.2. The van der Waals surface area contributed by atoms with Crippen molar-refractivity contribution in [3.8, 4) is 17.2 Å². The topological polar surface area (TPSA) is 99.1 Å². The Balaban J connectivity index is 1.81. The third-order valence-electron chi connectivity index (χ3n) is 8.18. The Bertz CT molecular complexity index is 1520. The number of para-hydroxylation sites is 1. The maximum absolute atomic E-state index is 12.9. The molecule has 0 aliphatic heterocycles. The van der Waals surface area contributed by atoms with E-state index in [0.717, 1.165) is 11.3 Å². The molecule has 0 aliphatic carbocycles. The first-order valence-corrected chi connectivity index (χ1v) is 20.5. The van der Waals surface area contributed by atoms with E-state index in [2.05, 4.69) is 83.2 Å².